The van der Waals surface area contributed by atoms with Crippen LogP contribution in [0.1, 0.15) is 5.56 Å². The first-order valence-corrected chi connectivity index (χ1v) is 7.98. The Morgan fingerprint density at radius 1 is 1.05 bits per heavy atom. The maximum atomic E-state index is 6.05. The summed E-state index contributed by atoms with van der Waals surface area (Å²) in [6, 6.07) is 9.43. The Morgan fingerprint density at radius 2 is 1.67 bits per heavy atom. The molecule has 0 saturated heterocycles. The molecule has 1 aliphatic rings. The lowest BCUT2D eigenvalue weighted by Crippen LogP contribution is -2.16. The van der Waals surface area contributed by atoms with Gasteiger partial charge in [-0.25, -0.2) is 0 Å². The number of anilines is 1. The first-order valence-electron chi connectivity index (χ1n) is 6.40. The second-order valence-electron chi connectivity index (χ2n) is 4.53. The normalized spacial score (nSPS) is 13.0. The van der Waals surface area contributed by atoms with E-state index in [9.17, 15) is 0 Å². The summed E-state index contributed by atoms with van der Waals surface area (Å²) in [5, 5.41) is 0. The van der Waals surface area contributed by atoms with Crippen molar-refractivity contribution in [2.24, 2.45) is 0 Å². The van der Waals surface area contributed by atoms with Crippen LogP contribution in [0.2, 0.25) is 0 Å². The van der Waals surface area contributed by atoms with Gasteiger partial charge in [-0.15, -0.1) is 0 Å². The number of nitrogen functional groups attached to an aromatic ring is 1. The number of hydrogen-bond acceptors (Lipinski definition) is 4. The summed E-state index contributed by atoms with van der Waals surface area (Å²) >= 11 is 6.94. The second-order valence-corrected chi connectivity index (χ2v) is 6.24. The molecule has 0 saturated carbocycles. The molecule has 0 fully saturated rings. The standard InChI is InChI=1S/C15H13Br2NO3/c16-10-2-1-3-11(17)15(10)21-8-9-6-13-14(7-12(9)18)20-5-4-19-13/h1-3,6-7H,4-5,8,18H2. The van der Waals surface area contributed by atoms with E-state index in [0.717, 1.165) is 20.3 Å². The minimum absolute atomic E-state index is 0.351. The third kappa shape index (κ3) is 3.11. The molecule has 3 rings (SSSR count). The highest BCUT2D eigenvalue weighted by atomic mass is 79.9. The average Bonchev–Trinajstić information content (AvgIpc) is 2.47. The van der Waals surface area contributed by atoms with Crippen molar-refractivity contribution in [3.8, 4) is 17.2 Å². The Hall–Kier alpha value is -1.40. The zero-order valence-electron chi connectivity index (χ0n) is 11.1. The van der Waals surface area contributed by atoms with E-state index in [0.29, 0.717) is 37.0 Å². The number of halogens is 2. The Morgan fingerprint density at radius 3 is 2.33 bits per heavy atom. The van der Waals surface area contributed by atoms with Crippen LogP contribution in [-0.4, -0.2) is 13.2 Å². The van der Waals surface area contributed by atoms with Gasteiger partial charge in [0.2, 0.25) is 0 Å². The summed E-state index contributed by atoms with van der Waals surface area (Å²) in [4.78, 5) is 0. The van der Waals surface area contributed by atoms with Crippen LogP contribution in [0.15, 0.2) is 39.3 Å². The van der Waals surface area contributed by atoms with Crippen LogP contribution < -0.4 is 19.9 Å². The van der Waals surface area contributed by atoms with Crippen LogP contribution in [0.3, 0.4) is 0 Å². The fourth-order valence-electron chi connectivity index (χ4n) is 2.04. The Balaban J connectivity index is 1.82. The summed E-state index contributed by atoms with van der Waals surface area (Å²) in [7, 11) is 0. The van der Waals surface area contributed by atoms with Crippen molar-refractivity contribution in [1.82, 2.24) is 0 Å². The van der Waals surface area contributed by atoms with Crippen molar-refractivity contribution in [2.45, 2.75) is 6.61 Å². The van der Waals surface area contributed by atoms with Gasteiger partial charge in [-0.1, -0.05) is 6.07 Å². The number of hydrogen-bond donors (Lipinski definition) is 1. The predicted octanol–water partition coefficient (Wildman–Crippen LogP) is 4.14. The van der Waals surface area contributed by atoms with Crippen molar-refractivity contribution in [3.05, 3.63) is 44.8 Å². The molecular weight excluding hydrogens is 402 g/mol. The van der Waals surface area contributed by atoms with E-state index in [1.54, 1.807) is 6.07 Å². The van der Waals surface area contributed by atoms with Gasteiger partial charge < -0.3 is 19.9 Å². The van der Waals surface area contributed by atoms with E-state index in [4.69, 9.17) is 19.9 Å². The van der Waals surface area contributed by atoms with Gasteiger partial charge in [0.25, 0.3) is 0 Å². The van der Waals surface area contributed by atoms with Crippen molar-refractivity contribution >= 4 is 37.5 Å². The molecule has 1 heterocycles. The first-order chi connectivity index (χ1) is 10.1. The van der Waals surface area contributed by atoms with Crippen LogP contribution in [0.25, 0.3) is 0 Å². The minimum atomic E-state index is 0.351. The fourth-order valence-corrected chi connectivity index (χ4v) is 3.27. The molecule has 0 unspecified atom stereocenters. The van der Waals surface area contributed by atoms with Crippen molar-refractivity contribution in [3.63, 3.8) is 0 Å². The van der Waals surface area contributed by atoms with E-state index >= 15 is 0 Å². The zero-order chi connectivity index (χ0) is 14.8. The maximum absolute atomic E-state index is 6.05. The highest BCUT2D eigenvalue weighted by Crippen LogP contribution is 2.37. The molecule has 0 amide bonds. The molecule has 0 spiro atoms. The Bertz CT molecular complexity index is 656. The third-order valence-electron chi connectivity index (χ3n) is 3.09. The quantitative estimate of drug-likeness (QED) is 0.766. The van der Waals surface area contributed by atoms with Crippen LogP contribution in [-0.2, 0) is 6.61 Å². The molecule has 0 atom stereocenters. The number of ether oxygens (including phenoxy) is 3. The van der Waals surface area contributed by atoms with Gasteiger partial charge in [0.15, 0.2) is 11.5 Å². The van der Waals surface area contributed by atoms with E-state index in [2.05, 4.69) is 31.9 Å². The molecular formula is C15H13Br2NO3. The van der Waals surface area contributed by atoms with Gasteiger partial charge in [0, 0.05) is 17.3 Å². The highest BCUT2D eigenvalue weighted by molar-refractivity contribution is 9.11. The van der Waals surface area contributed by atoms with Crippen LogP contribution in [0.5, 0.6) is 17.2 Å². The summed E-state index contributed by atoms with van der Waals surface area (Å²) in [6.07, 6.45) is 0. The molecule has 0 radical (unpaired) electrons. The van der Waals surface area contributed by atoms with Gasteiger partial charge in [-0.2, -0.15) is 0 Å². The summed E-state index contributed by atoms with van der Waals surface area (Å²) in [5.41, 5.74) is 7.54. The first kappa shape index (κ1) is 14.5. The summed E-state index contributed by atoms with van der Waals surface area (Å²) in [6.45, 7) is 1.45. The summed E-state index contributed by atoms with van der Waals surface area (Å²) < 4.78 is 18.7. The van der Waals surface area contributed by atoms with Gasteiger partial charge in [-0.3, -0.25) is 0 Å². The molecule has 0 aromatic heterocycles. The van der Waals surface area contributed by atoms with Gasteiger partial charge >= 0.3 is 0 Å². The maximum Gasteiger partial charge on any atom is 0.163 e. The van der Waals surface area contributed by atoms with E-state index in [1.165, 1.54) is 0 Å². The number of para-hydroxylation sites is 1. The number of nitrogens with two attached hydrogens (primary N) is 1. The number of rotatable bonds is 3. The van der Waals surface area contributed by atoms with Gasteiger partial charge in [0.1, 0.15) is 25.6 Å². The zero-order valence-corrected chi connectivity index (χ0v) is 14.2. The predicted molar refractivity (Wildman–Crippen MR) is 88.0 cm³/mol. The lowest BCUT2D eigenvalue weighted by molar-refractivity contribution is 0.171. The van der Waals surface area contributed by atoms with Crippen molar-refractivity contribution < 1.29 is 14.2 Å². The van der Waals surface area contributed by atoms with Crippen molar-refractivity contribution in [1.29, 1.82) is 0 Å². The molecule has 4 nitrogen and oxygen atoms in total. The highest BCUT2D eigenvalue weighted by Gasteiger charge is 2.15. The van der Waals surface area contributed by atoms with E-state index < -0.39 is 0 Å². The largest absolute Gasteiger partial charge is 0.486 e. The SMILES string of the molecule is Nc1cc2c(cc1COc1c(Br)cccc1Br)OCCO2. The molecule has 2 aromatic carbocycles. The molecule has 1 aliphatic heterocycles. The molecule has 110 valence electrons. The fraction of sp³-hybridized carbons (Fsp3) is 0.200. The lowest BCUT2D eigenvalue weighted by Gasteiger charge is -2.20. The third-order valence-corrected chi connectivity index (χ3v) is 4.34. The smallest absolute Gasteiger partial charge is 0.163 e. The van der Waals surface area contributed by atoms with Gasteiger partial charge in [-0.05, 0) is 50.1 Å². The molecule has 2 aromatic rings. The average molecular weight is 415 g/mol. The summed E-state index contributed by atoms with van der Waals surface area (Å²) in [5.74, 6) is 2.14. The van der Waals surface area contributed by atoms with E-state index in [1.807, 2.05) is 24.3 Å². The Labute approximate surface area is 139 Å². The molecule has 2 N–H and O–H groups in total. The lowest BCUT2D eigenvalue weighted by atomic mass is 10.1. The monoisotopic (exact) mass is 413 g/mol. The molecule has 0 bridgehead atoms. The van der Waals surface area contributed by atoms with E-state index in [-0.39, 0.29) is 0 Å². The minimum Gasteiger partial charge on any atom is -0.486 e. The molecule has 21 heavy (non-hydrogen) atoms. The van der Waals surface area contributed by atoms with Gasteiger partial charge in [0.05, 0.1) is 8.95 Å². The second kappa shape index (κ2) is 6.15. The van der Waals surface area contributed by atoms with Crippen LogP contribution in [0, 0.1) is 0 Å². The van der Waals surface area contributed by atoms with Crippen LogP contribution >= 0.6 is 31.9 Å². The van der Waals surface area contributed by atoms with Crippen molar-refractivity contribution in [2.75, 3.05) is 18.9 Å². The Kier molecular flexibility index (Phi) is 4.26. The topological polar surface area (TPSA) is 53.7 Å². The molecule has 6 heteroatoms. The number of benzene rings is 2. The number of fused-ring (bicyclic) bond motifs is 1. The molecule has 0 aliphatic carbocycles. The van der Waals surface area contributed by atoms with Crippen LogP contribution in [0.4, 0.5) is 5.69 Å².